The van der Waals surface area contributed by atoms with E-state index in [2.05, 4.69) is 41.1 Å². The molecule has 2 aromatic carbocycles. The second kappa shape index (κ2) is 8.18. The number of rotatable bonds is 7. The number of benzene rings is 2. The van der Waals surface area contributed by atoms with Gasteiger partial charge in [0.15, 0.2) is 0 Å². The van der Waals surface area contributed by atoms with Gasteiger partial charge in [-0.1, -0.05) is 42.5 Å². The van der Waals surface area contributed by atoms with Gasteiger partial charge in [0.05, 0.1) is 0 Å². The predicted molar refractivity (Wildman–Crippen MR) is 102 cm³/mol. The van der Waals surface area contributed by atoms with Gasteiger partial charge in [-0.15, -0.1) is 11.8 Å². The summed E-state index contributed by atoms with van der Waals surface area (Å²) >= 11 is 1.94. The number of amides is 1. The Morgan fingerprint density at radius 2 is 2.00 bits per heavy atom. The van der Waals surface area contributed by atoms with Gasteiger partial charge in [0.2, 0.25) is 5.91 Å². The smallest absolute Gasteiger partial charge is 0.248 e. The van der Waals surface area contributed by atoms with E-state index in [9.17, 15) is 4.79 Å². The number of carbonyl (C=O) groups is 1. The van der Waals surface area contributed by atoms with Crippen molar-refractivity contribution in [2.45, 2.75) is 24.6 Å². The van der Waals surface area contributed by atoms with Gasteiger partial charge in [-0.2, -0.15) is 0 Å². The largest absolute Gasteiger partial charge is 0.366 e. The minimum Gasteiger partial charge on any atom is -0.366 e. The first-order valence-electron chi connectivity index (χ1n) is 8.23. The number of nitrogens with one attached hydrogen (secondary N) is 1. The van der Waals surface area contributed by atoms with Gasteiger partial charge in [-0.3, -0.25) is 4.79 Å². The highest BCUT2D eigenvalue weighted by Crippen LogP contribution is 2.26. The van der Waals surface area contributed by atoms with Crippen molar-refractivity contribution in [3.8, 4) is 11.1 Å². The summed E-state index contributed by atoms with van der Waals surface area (Å²) in [6, 6.07) is 15.9. The van der Waals surface area contributed by atoms with Crippen molar-refractivity contribution in [2.24, 2.45) is 5.73 Å². The molecule has 0 radical (unpaired) electrons. The van der Waals surface area contributed by atoms with Crippen LogP contribution >= 0.6 is 11.8 Å². The van der Waals surface area contributed by atoms with Crippen LogP contribution in [0, 0.1) is 0 Å². The molecule has 0 spiro atoms. The number of hydrogen-bond acceptors (Lipinski definition) is 3. The maximum absolute atomic E-state index is 11.3. The summed E-state index contributed by atoms with van der Waals surface area (Å²) in [5, 5.41) is 6.46. The molecule has 0 aliphatic carbocycles. The Morgan fingerprint density at radius 3 is 2.71 bits per heavy atom. The van der Waals surface area contributed by atoms with E-state index in [1.54, 1.807) is 6.07 Å². The van der Waals surface area contributed by atoms with Crippen LogP contribution in [0.2, 0.25) is 0 Å². The molecular formula is C20H22N2OS. The summed E-state index contributed by atoms with van der Waals surface area (Å²) in [5.74, 6) is -0.395. The third-order valence-corrected chi connectivity index (χ3v) is 5.34. The lowest BCUT2D eigenvalue weighted by atomic mass is 10.0. The topological polar surface area (TPSA) is 55.1 Å². The molecular weight excluding hydrogens is 316 g/mol. The van der Waals surface area contributed by atoms with Crippen molar-refractivity contribution in [1.29, 1.82) is 0 Å². The van der Waals surface area contributed by atoms with Gasteiger partial charge in [0, 0.05) is 17.4 Å². The van der Waals surface area contributed by atoms with E-state index in [0.29, 0.717) is 5.56 Å². The fourth-order valence-corrected chi connectivity index (χ4v) is 3.70. The average Bonchev–Trinajstić information content (AvgIpc) is 3.13. The van der Waals surface area contributed by atoms with E-state index in [0.717, 1.165) is 29.5 Å². The lowest BCUT2D eigenvalue weighted by Crippen LogP contribution is -2.17. The quantitative estimate of drug-likeness (QED) is 0.752. The molecule has 124 valence electrons. The molecule has 0 aromatic heterocycles. The molecule has 24 heavy (non-hydrogen) atoms. The maximum Gasteiger partial charge on any atom is 0.248 e. The number of thioether (sulfide) groups is 1. The fourth-order valence-electron chi connectivity index (χ4n) is 2.78. The first-order valence-corrected chi connectivity index (χ1v) is 9.17. The molecule has 0 saturated carbocycles. The van der Waals surface area contributed by atoms with E-state index in [4.69, 9.17) is 5.73 Å². The number of allylic oxidation sites excluding steroid dienone is 1. The Labute approximate surface area is 147 Å². The van der Waals surface area contributed by atoms with Crippen LogP contribution in [0.3, 0.4) is 0 Å². The minimum atomic E-state index is -0.395. The van der Waals surface area contributed by atoms with Crippen molar-refractivity contribution < 1.29 is 4.79 Å². The van der Waals surface area contributed by atoms with Crippen LogP contribution in [0.15, 0.2) is 60.0 Å². The maximum atomic E-state index is 11.3. The van der Waals surface area contributed by atoms with Gasteiger partial charge >= 0.3 is 0 Å². The van der Waals surface area contributed by atoms with Crippen molar-refractivity contribution in [1.82, 2.24) is 5.32 Å². The molecule has 0 bridgehead atoms. The number of hydrogen-bond donors (Lipinski definition) is 2. The molecule has 3 N–H and O–H groups in total. The van der Waals surface area contributed by atoms with Crippen molar-refractivity contribution in [3.05, 3.63) is 71.1 Å². The minimum absolute atomic E-state index is 0.395. The van der Waals surface area contributed by atoms with Crippen molar-refractivity contribution in [2.75, 3.05) is 6.54 Å². The van der Waals surface area contributed by atoms with Gasteiger partial charge in [0.1, 0.15) is 0 Å². The zero-order valence-corrected chi connectivity index (χ0v) is 14.4. The van der Waals surface area contributed by atoms with Crippen LogP contribution in [0.25, 0.3) is 11.1 Å². The summed E-state index contributed by atoms with van der Waals surface area (Å²) in [6.45, 7) is 1.92. The predicted octanol–water partition coefficient (Wildman–Crippen LogP) is 3.95. The number of primary amides is 1. The Hall–Kier alpha value is -2.04. The van der Waals surface area contributed by atoms with Crippen LogP contribution in [-0.2, 0) is 6.54 Å². The molecule has 1 unspecified atom stereocenters. The first kappa shape index (κ1) is 16.8. The molecule has 1 heterocycles. The Balaban J connectivity index is 1.53. The highest BCUT2D eigenvalue weighted by Gasteiger charge is 2.09. The standard InChI is InChI=1S/C20H22N2OS/c21-20(23)18-4-1-3-17(13-18)16-8-6-15(7-9-16)14-22-11-10-19-5-2-12-24-19/h1-4,6-9,12-13,19,22H,5,10-11,14H2,(H2,21,23). The normalized spacial score (nSPS) is 16.4. The summed E-state index contributed by atoms with van der Waals surface area (Å²) in [5.41, 5.74) is 9.25. The fraction of sp³-hybridized carbons (Fsp3) is 0.250. The summed E-state index contributed by atoms with van der Waals surface area (Å²) < 4.78 is 0. The van der Waals surface area contributed by atoms with Crippen LogP contribution in [-0.4, -0.2) is 17.7 Å². The van der Waals surface area contributed by atoms with E-state index in [1.165, 1.54) is 18.4 Å². The summed E-state index contributed by atoms with van der Waals surface area (Å²) in [6.07, 6.45) is 4.66. The Morgan fingerprint density at radius 1 is 1.17 bits per heavy atom. The zero-order valence-electron chi connectivity index (χ0n) is 13.6. The molecule has 1 atom stereocenters. The first-order chi connectivity index (χ1) is 11.7. The molecule has 3 rings (SSSR count). The highest BCUT2D eigenvalue weighted by molar-refractivity contribution is 8.03. The molecule has 0 fully saturated rings. The summed E-state index contributed by atoms with van der Waals surface area (Å²) in [7, 11) is 0. The number of nitrogens with two attached hydrogens (primary N) is 1. The van der Waals surface area contributed by atoms with Crippen LogP contribution in [0.4, 0.5) is 0 Å². The molecule has 2 aromatic rings. The van der Waals surface area contributed by atoms with Crippen molar-refractivity contribution in [3.63, 3.8) is 0 Å². The van der Waals surface area contributed by atoms with E-state index >= 15 is 0 Å². The second-order valence-corrected chi connectivity index (χ2v) is 7.18. The number of carbonyl (C=O) groups excluding carboxylic acids is 1. The Kier molecular flexibility index (Phi) is 5.72. The third-order valence-electron chi connectivity index (χ3n) is 4.17. The molecule has 0 saturated heterocycles. The molecule has 1 amide bonds. The van der Waals surface area contributed by atoms with Crippen LogP contribution in [0.5, 0.6) is 0 Å². The van der Waals surface area contributed by atoms with Crippen LogP contribution in [0.1, 0.15) is 28.8 Å². The lowest BCUT2D eigenvalue weighted by Gasteiger charge is -2.10. The highest BCUT2D eigenvalue weighted by atomic mass is 32.2. The van der Waals surface area contributed by atoms with Gasteiger partial charge in [-0.25, -0.2) is 0 Å². The van der Waals surface area contributed by atoms with Gasteiger partial charge < -0.3 is 11.1 Å². The zero-order chi connectivity index (χ0) is 16.8. The SMILES string of the molecule is NC(=O)c1cccc(-c2ccc(CNCCC3CC=CS3)cc2)c1. The van der Waals surface area contributed by atoms with E-state index in [-0.39, 0.29) is 0 Å². The third kappa shape index (κ3) is 4.49. The van der Waals surface area contributed by atoms with Gasteiger partial charge in [0.25, 0.3) is 0 Å². The average molecular weight is 338 g/mol. The van der Waals surface area contributed by atoms with Crippen LogP contribution < -0.4 is 11.1 Å². The van der Waals surface area contributed by atoms with E-state index < -0.39 is 5.91 Å². The summed E-state index contributed by atoms with van der Waals surface area (Å²) in [4.78, 5) is 11.3. The van der Waals surface area contributed by atoms with E-state index in [1.807, 2.05) is 30.0 Å². The molecule has 1 aliphatic rings. The monoisotopic (exact) mass is 338 g/mol. The molecule has 4 heteroatoms. The molecule has 1 aliphatic heterocycles. The lowest BCUT2D eigenvalue weighted by molar-refractivity contribution is 0.100. The van der Waals surface area contributed by atoms with Crippen molar-refractivity contribution >= 4 is 17.7 Å². The van der Waals surface area contributed by atoms with Gasteiger partial charge in [-0.05, 0) is 53.6 Å². The Bertz CT molecular complexity index is 717. The second-order valence-electron chi connectivity index (χ2n) is 5.97. The molecule has 3 nitrogen and oxygen atoms in total.